The maximum absolute atomic E-state index is 12.3. The number of nitrogens with zero attached hydrogens (tertiary/aromatic N) is 1. The smallest absolute Gasteiger partial charge is 0.260 e. The SMILES string of the molecule is CC[C@H]1CCCN(C(=O)c2ccc(C)[nH]c2=O)C1. The molecule has 0 radical (unpaired) electrons. The first-order valence-electron chi connectivity index (χ1n) is 6.61. The van der Waals surface area contributed by atoms with Gasteiger partial charge in [-0.05, 0) is 37.8 Å². The van der Waals surface area contributed by atoms with Crippen molar-refractivity contribution < 1.29 is 4.79 Å². The average molecular weight is 248 g/mol. The van der Waals surface area contributed by atoms with E-state index in [-0.39, 0.29) is 17.0 Å². The number of aryl methyl sites for hydroxylation is 1. The molecule has 1 aromatic rings. The van der Waals surface area contributed by atoms with Crippen LogP contribution in [0.15, 0.2) is 16.9 Å². The molecule has 0 aliphatic carbocycles. The summed E-state index contributed by atoms with van der Waals surface area (Å²) in [6.45, 7) is 5.51. The number of carbonyl (C=O) groups is 1. The number of likely N-dealkylation sites (tertiary alicyclic amines) is 1. The van der Waals surface area contributed by atoms with Crippen LogP contribution >= 0.6 is 0 Å². The maximum Gasteiger partial charge on any atom is 0.260 e. The summed E-state index contributed by atoms with van der Waals surface area (Å²) in [5.41, 5.74) is 0.762. The van der Waals surface area contributed by atoms with E-state index in [0.29, 0.717) is 5.92 Å². The molecule has 0 bridgehead atoms. The van der Waals surface area contributed by atoms with E-state index in [1.807, 2.05) is 11.8 Å². The zero-order chi connectivity index (χ0) is 13.1. The minimum atomic E-state index is -0.279. The van der Waals surface area contributed by atoms with Gasteiger partial charge in [-0.1, -0.05) is 13.3 Å². The van der Waals surface area contributed by atoms with Gasteiger partial charge in [0.05, 0.1) is 0 Å². The van der Waals surface area contributed by atoms with Gasteiger partial charge in [-0.3, -0.25) is 9.59 Å². The molecule has 1 aliphatic rings. The molecule has 1 aromatic heterocycles. The standard InChI is InChI=1S/C14H20N2O2/c1-3-11-5-4-8-16(9-11)14(18)12-7-6-10(2)15-13(12)17/h6-7,11H,3-5,8-9H2,1-2H3,(H,15,17)/t11-/m0/s1. The third-order valence-corrected chi connectivity index (χ3v) is 3.67. The first-order chi connectivity index (χ1) is 8.61. The highest BCUT2D eigenvalue weighted by atomic mass is 16.2. The molecule has 1 N–H and O–H groups in total. The Hall–Kier alpha value is -1.58. The van der Waals surface area contributed by atoms with Crippen LogP contribution in [0.25, 0.3) is 0 Å². The van der Waals surface area contributed by atoms with E-state index >= 15 is 0 Å². The first-order valence-corrected chi connectivity index (χ1v) is 6.61. The lowest BCUT2D eigenvalue weighted by molar-refractivity contribution is 0.0669. The molecule has 98 valence electrons. The summed E-state index contributed by atoms with van der Waals surface area (Å²) in [4.78, 5) is 28.6. The van der Waals surface area contributed by atoms with Crippen LogP contribution in [0.2, 0.25) is 0 Å². The topological polar surface area (TPSA) is 53.2 Å². The monoisotopic (exact) mass is 248 g/mol. The summed E-state index contributed by atoms with van der Waals surface area (Å²) < 4.78 is 0. The molecule has 1 atom stereocenters. The van der Waals surface area contributed by atoms with Crippen molar-refractivity contribution in [3.63, 3.8) is 0 Å². The molecule has 0 aromatic carbocycles. The number of piperidine rings is 1. The van der Waals surface area contributed by atoms with Gasteiger partial charge in [0.25, 0.3) is 11.5 Å². The van der Waals surface area contributed by atoms with Crippen molar-refractivity contribution in [2.24, 2.45) is 5.92 Å². The largest absolute Gasteiger partial charge is 0.338 e. The predicted molar refractivity (Wildman–Crippen MR) is 70.7 cm³/mol. The number of pyridine rings is 1. The molecule has 1 saturated heterocycles. The minimum Gasteiger partial charge on any atom is -0.338 e. The second-order valence-corrected chi connectivity index (χ2v) is 5.05. The number of carbonyl (C=O) groups excluding carboxylic acids is 1. The number of nitrogens with one attached hydrogen (secondary N) is 1. The Morgan fingerprint density at radius 2 is 2.28 bits per heavy atom. The van der Waals surface area contributed by atoms with Crippen molar-refractivity contribution in [2.45, 2.75) is 33.1 Å². The van der Waals surface area contributed by atoms with Gasteiger partial charge in [0.15, 0.2) is 0 Å². The molecule has 4 nitrogen and oxygen atoms in total. The lowest BCUT2D eigenvalue weighted by Crippen LogP contribution is -2.41. The summed E-state index contributed by atoms with van der Waals surface area (Å²) in [6, 6.07) is 3.40. The molecule has 1 fully saturated rings. The predicted octanol–water partition coefficient (Wildman–Crippen LogP) is 1.95. The Labute approximate surface area is 107 Å². The van der Waals surface area contributed by atoms with Crippen LogP contribution in [-0.2, 0) is 0 Å². The summed E-state index contributed by atoms with van der Waals surface area (Å²) in [6.07, 6.45) is 3.31. The van der Waals surface area contributed by atoms with Crippen LogP contribution in [0.4, 0.5) is 0 Å². The molecule has 2 rings (SSSR count). The van der Waals surface area contributed by atoms with Crippen LogP contribution in [0.3, 0.4) is 0 Å². The molecule has 0 unspecified atom stereocenters. The van der Waals surface area contributed by atoms with Crippen LogP contribution in [0, 0.1) is 12.8 Å². The summed E-state index contributed by atoms with van der Waals surface area (Å²) in [7, 11) is 0. The van der Waals surface area contributed by atoms with Crippen molar-refractivity contribution in [1.29, 1.82) is 0 Å². The van der Waals surface area contributed by atoms with E-state index in [1.165, 1.54) is 6.42 Å². The highest BCUT2D eigenvalue weighted by Crippen LogP contribution is 2.20. The second-order valence-electron chi connectivity index (χ2n) is 5.05. The third kappa shape index (κ3) is 2.63. The number of aromatic amines is 1. The van der Waals surface area contributed by atoms with Gasteiger partial charge in [0, 0.05) is 18.8 Å². The van der Waals surface area contributed by atoms with E-state index < -0.39 is 0 Å². The van der Waals surface area contributed by atoms with Gasteiger partial charge in [-0.2, -0.15) is 0 Å². The van der Waals surface area contributed by atoms with Crippen molar-refractivity contribution >= 4 is 5.91 Å². The Balaban J connectivity index is 2.18. The fourth-order valence-corrected chi connectivity index (χ4v) is 2.49. The summed E-state index contributed by atoms with van der Waals surface area (Å²) >= 11 is 0. The summed E-state index contributed by atoms with van der Waals surface area (Å²) in [5, 5.41) is 0. The van der Waals surface area contributed by atoms with Gasteiger partial charge >= 0.3 is 0 Å². The fraction of sp³-hybridized carbons (Fsp3) is 0.571. The molecule has 1 aliphatic heterocycles. The maximum atomic E-state index is 12.3. The fourth-order valence-electron chi connectivity index (χ4n) is 2.49. The molecule has 4 heteroatoms. The zero-order valence-electron chi connectivity index (χ0n) is 11.0. The molecule has 18 heavy (non-hydrogen) atoms. The van der Waals surface area contributed by atoms with Crippen molar-refractivity contribution in [1.82, 2.24) is 9.88 Å². The number of hydrogen-bond donors (Lipinski definition) is 1. The van der Waals surface area contributed by atoms with E-state index in [4.69, 9.17) is 0 Å². The highest BCUT2D eigenvalue weighted by Gasteiger charge is 2.24. The molecule has 2 heterocycles. The van der Waals surface area contributed by atoms with Gasteiger partial charge in [0.2, 0.25) is 0 Å². The van der Waals surface area contributed by atoms with Crippen LogP contribution in [0.1, 0.15) is 42.2 Å². The van der Waals surface area contributed by atoms with E-state index in [1.54, 1.807) is 12.1 Å². The van der Waals surface area contributed by atoms with Crippen molar-refractivity contribution in [2.75, 3.05) is 13.1 Å². The average Bonchev–Trinajstić information content (AvgIpc) is 2.38. The Morgan fingerprint density at radius 3 is 2.94 bits per heavy atom. The number of amides is 1. The van der Waals surface area contributed by atoms with E-state index in [9.17, 15) is 9.59 Å². The van der Waals surface area contributed by atoms with Gasteiger partial charge in [-0.15, -0.1) is 0 Å². The molecular formula is C14H20N2O2. The number of H-pyrrole nitrogens is 1. The molecule has 1 amide bonds. The number of rotatable bonds is 2. The normalized spacial score (nSPS) is 19.9. The Morgan fingerprint density at radius 1 is 1.50 bits per heavy atom. The molecule has 0 spiro atoms. The van der Waals surface area contributed by atoms with E-state index in [2.05, 4.69) is 11.9 Å². The Kier molecular flexibility index (Phi) is 3.84. The molecular weight excluding hydrogens is 228 g/mol. The van der Waals surface area contributed by atoms with Crippen molar-refractivity contribution in [3.05, 3.63) is 33.7 Å². The second kappa shape index (κ2) is 5.38. The highest BCUT2D eigenvalue weighted by molar-refractivity contribution is 5.93. The van der Waals surface area contributed by atoms with E-state index in [0.717, 1.165) is 31.6 Å². The van der Waals surface area contributed by atoms with Gasteiger partial charge in [0.1, 0.15) is 5.56 Å². The quantitative estimate of drug-likeness (QED) is 0.869. The third-order valence-electron chi connectivity index (χ3n) is 3.67. The lowest BCUT2D eigenvalue weighted by atomic mass is 9.95. The Bertz CT molecular complexity index is 493. The van der Waals surface area contributed by atoms with Crippen molar-refractivity contribution in [3.8, 4) is 0 Å². The van der Waals surface area contributed by atoms with Crippen LogP contribution in [-0.4, -0.2) is 28.9 Å². The van der Waals surface area contributed by atoms with Gasteiger partial charge < -0.3 is 9.88 Å². The summed E-state index contributed by atoms with van der Waals surface area (Å²) in [5.74, 6) is 0.446. The first kappa shape index (κ1) is 12.9. The molecule has 0 saturated carbocycles. The van der Waals surface area contributed by atoms with Crippen LogP contribution < -0.4 is 5.56 Å². The number of aromatic nitrogens is 1. The van der Waals surface area contributed by atoms with Crippen LogP contribution in [0.5, 0.6) is 0 Å². The minimum absolute atomic E-state index is 0.130. The lowest BCUT2D eigenvalue weighted by Gasteiger charge is -2.32. The zero-order valence-corrected chi connectivity index (χ0v) is 11.0. The number of hydrogen-bond acceptors (Lipinski definition) is 2. The van der Waals surface area contributed by atoms with Gasteiger partial charge in [-0.25, -0.2) is 0 Å².